The summed E-state index contributed by atoms with van der Waals surface area (Å²) in [7, 11) is 4.04. The van der Waals surface area contributed by atoms with Crippen molar-refractivity contribution >= 4 is 5.95 Å². The van der Waals surface area contributed by atoms with Crippen molar-refractivity contribution in [2.24, 2.45) is 13.0 Å². The molecule has 0 aromatic carbocycles. The average Bonchev–Trinajstić information content (AvgIpc) is 2.77. The maximum absolute atomic E-state index is 3.97. The third-order valence-electron chi connectivity index (χ3n) is 3.87. The molecule has 19 heavy (non-hydrogen) atoms. The van der Waals surface area contributed by atoms with Crippen LogP contribution >= 0.6 is 0 Å². The summed E-state index contributed by atoms with van der Waals surface area (Å²) in [5.41, 5.74) is 0. The van der Waals surface area contributed by atoms with Crippen LogP contribution in [0.25, 0.3) is 0 Å². The summed E-state index contributed by atoms with van der Waals surface area (Å²) in [6.07, 6.45) is 0. The van der Waals surface area contributed by atoms with E-state index in [9.17, 15) is 0 Å². The number of piperazine rings is 1. The first-order valence-corrected chi connectivity index (χ1v) is 6.96. The molecule has 1 fully saturated rings. The van der Waals surface area contributed by atoms with E-state index in [0.29, 0.717) is 12.0 Å². The lowest BCUT2D eigenvalue weighted by molar-refractivity contribution is 0.0943. The number of anilines is 1. The monoisotopic (exact) mass is 267 g/mol. The van der Waals surface area contributed by atoms with Gasteiger partial charge in [0.05, 0.1) is 0 Å². The van der Waals surface area contributed by atoms with Crippen LogP contribution in [0.2, 0.25) is 0 Å². The SMILES string of the molecule is CC(C)C(CNc1nnnn1C)N1CCN(C)CC1. The summed E-state index contributed by atoms with van der Waals surface area (Å²) in [6.45, 7) is 10.0. The maximum atomic E-state index is 3.97. The quantitative estimate of drug-likeness (QED) is 0.803. The summed E-state index contributed by atoms with van der Waals surface area (Å²) >= 11 is 0. The molecule has 1 N–H and O–H groups in total. The van der Waals surface area contributed by atoms with Crippen molar-refractivity contribution in [3.05, 3.63) is 0 Å². The van der Waals surface area contributed by atoms with Gasteiger partial charge in [0, 0.05) is 45.8 Å². The molecule has 0 aliphatic carbocycles. The van der Waals surface area contributed by atoms with Crippen LogP contribution in [0.5, 0.6) is 0 Å². The van der Waals surface area contributed by atoms with Crippen LogP contribution in [0, 0.1) is 5.92 Å². The maximum Gasteiger partial charge on any atom is 0.242 e. The van der Waals surface area contributed by atoms with Crippen LogP contribution in [0.1, 0.15) is 13.8 Å². The van der Waals surface area contributed by atoms with Gasteiger partial charge in [-0.2, -0.15) is 0 Å². The zero-order valence-electron chi connectivity index (χ0n) is 12.4. The highest BCUT2D eigenvalue weighted by Gasteiger charge is 2.25. The van der Waals surface area contributed by atoms with Crippen molar-refractivity contribution in [1.29, 1.82) is 0 Å². The zero-order chi connectivity index (χ0) is 13.8. The Morgan fingerprint density at radius 2 is 1.84 bits per heavy atom. The van der Waals surface area contributed by atoms with E-state index in [4.69, 9.17) is 0 Å². The number of tetrazole rings is 1. The van der Waals surface area contributed by atoms with Crippen LogP contribution in [-0.4, -0.2) is 75.8 Å². The van der Waals surface area contributed by atoms with Gasteiger partial charge in [-0.05, 0) is 23.4 Å². The van der Waals surface area contributed by atoms with E-state index in [0.717, 1.165) is 38.7 Å². The summed E-state index contributed by atoms with van der Waals surface area (Å²) in [5, 5.41) is 14.8. The molecule has 1 saturated heterocycles. The minimum absolute atomic E-state index is 0.519. The van der Waals surface area contributed by atoms with Gasteiger partial charge >= 0.3 is 0 Å². The summed E-state index contributed by atoms with van der Waals surface area (Å²) < 4.78 is 1.67. The van der Waals surface area contributed by atoms with Crippen molar-refractivity contribution in [3.8, 4) is 0 Å². The Labute approximate surface area is 114 Å². The van der Waals surface area contributed by atoms with Crippen LogP contribution in [0.4, 0.5) is 5.95 Å². The van der Waals surface area contributed by atoms with E-state index in [-0.39, 0.29) is 0 Å². The lowest BCUT2D eigenvalue weighted by Gasteiger charge is -2.39. The van der Waals surface area contributed by atoms with Gasteiger partial charge in [0.2, 0.25) is 5.95 Å². The average molecular weight is 267 g/mol. The highest BCUT2D eigenvalue weighted by Crippen LogP contribution is 2.14. The number of likely N-dealkylation sites (N-methyl/N-ethyl adjacent to an activating group) is 1. The molecule has 1 atom stereocenters. The molecule has 1 aromatic rings. The Kier molecular flexibility index (Phi) is 4.71. The highest BCUT2D eigenvalue weighted by atomic mass is 15.6. The van der Waals surface area contributed by atoms with Crippen LogP contribution < -0.4 is 5.32 Å². The van der Waals surface area contributed by atoms with E-state index >= 15 is 0 Å². The fourth-order valence-electron chi connectivity index (χ4n) is 2.52. The van der Waals surface area contributed by atoms with Gasteiger partial charge < -0.3 is 10.2 Å². The van der Waals surface area contributed by atoms with Crippen LogP contribution in [0.3, 0.4) is 0 Å². The van der Waals surface area contributed by atoms with E-state index < -0.39 is 0 Å². The second-order valence-electron chi connectivity index (χ2n) is 5.66. The van der Waals surface area contributed by atoms with Crippen molar-refractivity contribution in [2.75, 3.05) is 45.1 Å². The molecule has 0 spiro atoms. The molecule has 1 aliphatic heterocycles. The molecule has 2 heterocycles. The molecular formula is C12H25N7. The number of hydrogen-bond donors (Lipinski definition) is 1. The molecule has 2 rings (SSSR count). The van der Waals surface area contributed by atoms with Crippen molar-refractivity contribution in [2.45, 2.75) is 19.9 Å². The van der Waals surface area contributed by atoms with E-state index in [1.165, 1.54) is 0 Å². The summed E-state index contributed by atoms with van der Waals surface area (Å²) in [6, 6.07) is 0.519. The second kappa shape index (κ2) is 6.29. The van der Waals surface area contributed by atoms with E-state index in [1.807, 2.05) is 7.05 Å². The van der Waals surface area contributed by atoms with Gasteiger partial charge in [-0.3, -0.25) is 4.90 Å². The molecule has 1 aromatic heterocycles. The lowest BCUT2D eigenvalue weighted by Crippen LogP contribution is -2.52. The van der Waals surface area contributed by atoms with Gasteiger partial charge in [-0.1, -0.05) is 18.9 Å². The summed E-state index contributed by atoms with van der Waals surface area (Å²) in [5.74, 6) is 1.34. The molecule has 0 amide bonds. The molecule has 7 nitrogen and oxygen atoms in total. The van der Waals surface area contributed by atoms with E-state index in [2.05, 4.69) is 51.5 Å². The third kappa shape index (κ3) is 3.63. The standard InChI is InChI=1S/C12H25N7/c1-10(2)11(19-7-5-17(3)6-8-19)9-13-12-14-15-16-18(12)4/h10-11H,5-9H2,1-4H3,(H,13,14,16). The van der Waals surface area contributed by atoms with Gasteiger partial charge in [0.1, 0.15) is 0 Å². The number of rotatable bonds is 5. The van der Waals surface area contributed by atoms with Gasteiger partial charge in [-0.25, -0.2) is 4.68 Å². The number of nitrogens with zero attached hydrogens (tertiary/aromatic N) is 6. The number of hydrogen-bond acceptors (Lipinski definition) is 6. The molecule has 0 bridgehead atoms. The Hall–Kier alpha value is -1.21. The number of nitrogens with one attached hydrogen (secondary N) is 1. The van der Waals surface area contributed by atoms with Crippen LogP contribution in [-0.2, 0) is 7.05 Å². The Morgan fingerprint density at radius 1 is 1.16 bits per heavy atom. The first-order valence-electron chi connectivity index (χ1n) is 6.96. The minimum Gasteiger partial charge on any atom is -0.352 e. The fourth-order valence-corrected chi connectivity index (χ4v) is 2.52. The Balaban J connectivity index is 1.91. The topological polar surface area (TPSA) is 62.1 Å². The Morgan fingerprint density at radius 3 is 2.37 bits per heavy atom. The predicted octanol–water partition coefficient (Wildman–Crippen LogP) is -0.106. The third-order valence-corrected chi connectivity index (χ3v) is 3.87. The zero-order valence-corrected chi connectivity index (χ0v) is 12.4. The highest BCUT2D eigenvalue weighted by molar-refractivity contribution is 5.21. The normalized spacial score (nSPS) is 19.8. The van der Waals surface area contributed by atoms with Gasteiger partial charge in [0.25, 0.3) is 0 Å². The Bertz CT molecular complexity index is 381. The van der Waals surface area contributed by atoms with Crippen molar-refractivity contribution < 1.29 is 0 Å². The van der Waals surface area contributed by atoms with Crippen molar-refractivity contribution in [1.82, 2.24) is 30.0 Å². The smallest absolute Gasteiger partial charge is 0.242 e. The molecule has 0 saturated carbocycles. The lowest BCUT2D eigenvalue weighted by atomic mass is 10.0. The van der Waals surface area contributed by atoms with E-state index in [1.54, 1.807) is 4.68 Å². The fraction of sp³-hybridized carbons (Fsp3) is 0.917. The first kappa shape index (κ1) is 14.2. The summed E-state index contributed by atoms with van der Waals surface area (Å²) in [4.78, 5) is 4.95. The predicted molar refractivity (Wildman–Crippen MR) is 75.0 cm³/mol. The largest absolute Gasteiger partial charge is 0.352 e. The molecular weight excluding hydrogens is 242 g/mol. The minimum atomic E-state index is 0.519. The van der Waals surface area contributed by atoms with Crippen LogP contribution in [0.15, 0.2) is 0 Å². The first-order chi connectivity index (χ1) is 9.08. The molecule has 108 valence electrons. The molecule has 7 heteroatoms. The molecule has 0 radical (unpaired) electrons. The second-order valence-corrected chi connectivity index (χ2v) is 5.66. The number of aromatic nitrogens is 4. The molecule has 1 unspecified atom stereocenters. The van der Waals surface area contributed by atoms with Crippen molar-refractivity contribution in [3.63, 3.8) is 0 Å². The number of aryl methyl sites for hydroxylation is 1. The van der Waals surface area contributed by atoms with Gasteiger partial charge in [0.15, 0.2) is 0 Å². The van der Waals surface area contributed by atoms with Gasteiger partial charge in [-0.15, -0.1) is 0 Å². The molecule has 1 aliphatic rings.